The Morgan fingerprint density at radius 3 is 2.19 bits per heavy atom. The minimum atomic E-state index is -1.23. The lowest BCUT2D eigenvalue weighted by molar-refractivity contribution is -0.143. The summed E-state index contributed by atoms with van der Waals surface area (Å²) in [5, 5.41) is 37.2. The number of carbonyl (C=O) groups excluding carboxylic acids is 6. The molecule has 4 rings (SSSR count). The molecule has 0 saturated carbocycles. The van der Waals surface area contributed by atoms with E-state index in [-0.39, 0.29) is 43.9 Å². The van der Waals surface area contributed by atoms with E-state index < -0.39 is 89.6 Å². The van der Waals surface area contributed by atoms with Crippen molar-refractivity contribution in [1.82, 2.24) is 41.8 Å². The van der Waals surface area contributed by atoms with Crippen LogP contribution in [-0.2, 0) is 41.6 Å². The number of amides is 7. The summed E-state index contributed by atoms with van der Waals surface area (Å²) < 4.78 is 0. The Morgan fingerprint density at radius 1 is 0.855 bits per heavy atom. The quantitative estimate of drug-likeness (QED) is 0.130. The fourth-order valence-electron chi connectivity index (χ4n) is 7.52. The molecule has 0 radical (unpaired) electrons. The summed E-state index contributed by atoms with van der Waals surface area (Å²) in [5.41, 5.74) is 2.10. The van der Waals surface area contributed by atoms with Crippen molar-refractivity contribution in [3.05, 3.63) is 65.9 Å². The van der Waals surface area contributed by atoms with E-state index in [1.54, 1.807) is 46.0 Å². The van der Waals surface area contributed by atoms with Gasteiger partial charge in [-0.05, 0) is 72.8 Å². The SMILES string of the molecule is CCC(C)C(NC(=O)NC1CCCCNC(=O)C(Cc2ccccc2)NC(=O)C(Cc2c[nH]c3ccc(O)cc23)N(C)C(=O)C(CC(C)C)NC(=O)C(C(C)C)NC1=O)C(=O)O. The number of aromatic hydroxyl groups is 1. The van der Waals surface area contributed by atoms with E-state index in [4.69, 9.17) is 0 Å². The average Bonchev–Trinajstić information content (AvgIpc) is 3.62. The highest BCUT2D eigenvalue weighted by Crippen LogP contribution is 2.25. The van der Waals surface area contributed by atoms with Gasteiger partial charge < -0.3 is 52.0 Å². The fraction of sp³-hybridized carbons (Fsp3) is 0.533. The molecule has 3 aromatic rings. The molecule has 9 N–H and O–H groups in total. The van der Waals surface area contributed by atoms with E-state index >= 15 is 0 Å². The molecule has 0 aliphatic carbocycles. The lowest BCUT2D eigenvalue weighted by Crippen LogP contribution is -2.61. The summed E-state index contributed by atoms with van der Waals surface area (Å²) >= 11 is 0. The van der Waals surface area contributed by atoms with Crippen LogP contribution in [0.2, 0.25) is 0 Å². The molecular formula is C45H64N8O9. The van der Waals surface area contributed by atoms with E-state index in [1.807, 2.05) is 44.2 Å². The molecular weight excluding hydrogens is 797 g/mol. The molecule has 1 aliphatic heterocycles. The predicted octanol–water partition coefficient (Wildman–Crippen LogP) is 3.11. The Hall–Kier alpha value is -6.13. The van der Waals surface area contributed by atoms with Crippen molar-refractivity contribution in [3.63, 3.8) is 0 Å². The number of benzene rings is 2. The number of phenols is 1. The summed E-state index contributed by atoms with van der Waals surface area (Å²) in [6.07, 6.45) is 3.20. The van der Waals surface area contributed by atoms with Crippen LogP contribution in [0.4, 0.5) is 4.79 Å². The monoisotopic (exact) mass is 860 g/mol. The van der Waals surface area contributed by atoms with Crippen LogP contribution < -0.4 is 31.9 Å². The third-order valence-electron chi connectivity index (χ3n) is 11.4. The minimum absolute atomic E-state index is 0.0117. The number of urea groups is 1. The number of aromatic amines is 1. The number of nitrogens with zero attached hydrogens (tertiary/aromatic N) is 1. The van der Waals surface area contributed by atoms with Gasteiger partial charge in [0.15, 0.2) is 0 Å². The zero-order valence-corrected chi connectivity index (χ0v) is 36.7. The van der Waals surface area contributed by atoms with Gasteiger partial charge in [0.05, 0.1) is 0 Å². The zero-order valence-electron chi connectivity index (χ0n) is 36.7. The molecule has 0 bridgehead atoms. The first kappa shape index (κ1) is 48.5. The normalized spacial score (nSPS) is 22.4. The molecule has 1 aliphatic rings. The van der Waals surface area contributed by atoms with E-state index in [0.717, 1.165) is 5.56 Å². The minimum Gasteiger partial charge on any atom is -0.508 e. The van der Waals surface area contributed by atoms with Crippen molar-refractivity contribution < 1.29 is 43.8 Å². The average molecular weight is 861 g/mol. The van der Waals surface area contributed by atoms with Gasteiger partial charge in [0.25, 0.3) is 0 Å². The second kappa shape index (κ2) is 22.6. The summed E-state index contributed by atoms with van der Waals surface area (Å²) in [5.74, 6) is -5.25. The number of rotatable bonds is 12. The van der Waals surface area contributed by atoms with Crippen LogP contribution in [-0.4, -0.2) is 111 Å². The van der Waals surface area contributed by atoms with Crippen molar-refractivity contribution in [2.24, 2.45) is 17.8 Å². The molecule has 17 heteroatoms. The van der Waals surface area contributed by atoms with Gasteiger partial charge in [0.1, 0.15) is 42.0 Å². The van der Waals surface area contributed by atoms with Gasteiger partial charge in [-0.2, -0.15) is 0 Å². The van der Waals surface area contributed by atoms with Crippen LogP contribution >= 0.6 is 0 Å². The predicted molar refractivity (Wildman–Crippen MR) is 234 cm³/mol. The number of likely N-dealkylation sites (N-methyl/N-ethyl adjacent to an activating group) is 1. The Kier molecular flexibility index (Phi) is 17.7. The first-order chi connectivity index (χ1) is 29.4. The largest absolute Gasteiger partial charge is 0.508 e. The highest BCUT2D eigenvalue weighted by Gasteiger charge is 2.37. The number of nitrogens with one attached hydrogen (secondary N) is 7. The van der Waals surface area contributed by atoms with Crippen LogP contribution in [0.3, 0.4) is 0 Å². The molecule has 62 heavy (non-hydrogen) atoms. The maximum absolute atomic E-state index is 14.6. The van der Waals surface area contributed by atoms with E-state index in [0.29, 0.717) is 35.7 Å². The molecule has 1 fully saturated rings. The van der Waals surface area contributed by atoms with Gasteiger partial charge >= 0.3 is 12.0 Å². The molecule has 0 spiro atoms. The number of aliphatic carboxylic acids is 1. The maximum Gasteiger partial charge on any atom is 0.326 e. The number of carbonyl (C=O) groups is 7. The van der Waals surface area contributed by atoms with Gasteiger partial charge in [-0.15, -0.1) is 0 Å². The lowest BCUT2D eigenvalue weighted by atomic mass is 9.97. The Bertz CT molecular complexity index is 2040. The van der Waals surface area contributed by atoms with Crippen LogP contribution in [0.15, 0.2) is 54.7 Å². The second-order valence-corrected chi connectivity index (χ2v) is 17.0. The summed E-state index contributed by atoms with van der Waals surface area (Å²) in [6.45, 7) is 10.8. The fourth-order valence-corrected chi connectivity index (χ4v) is 7.52. The molecule has 7 atom stereocenters. The number of hydrogen-bond acceptors (Lipinski definition) is 8. The van der Waals surface area contributed by atoms with Gasteiger partial charge in [-0.1, -0.05) is 78.3 Å². The van der Waals surface area contributed by atoms with Crippen LogP contribution in [0.25, 0.3) is 10.9 Å². The number of carboxylic acid groups (broad SMARTS) is 1. The Labute approximate surface area is 362 Å². The van der Waals surface area contributed by atoms with Crippen molar-refractivity contribution in [2.75, 3.05) is 13.6 Å². The first-order valence-electron chi connectivity index (χ1n) is 21.5. The lowest BCUT2D eigenvalue weighted by Gasteiger charge is -2.33. The van der Waals surface area contributed by atoms with Gasteiger partial charge in [-0.3, -0.25) is 24.0 Å². The Morgan fingerprint density at radius 2 is 1.55 bits per heavy atom. The highest BCUT2D eigenvalue weighted by molar-refractivity contribution is 5.97. The van der Waals surface area contributed by atoms with Gasteiger partial charge in [-0.25, -0.2) is 9.59 Å². The van der Waals surface area contributed by atoms with E-state index in [9.17, 15) is 43.8 Å². The van der Waals surface area contributed by atoms with Crippen LogP contribution in [0.5, 0.6) is 5.75 Å². The van der Waals surface area contributed by atoms with Crippen LogP contribution in [0, 0.1) is 17.8 Å². The molecule has 338 valence electrons. The smallest absolute Gasteiger partial charge is 0.326 e. The molecule has 2 aromatic carbocycles. The Balaban J connectivity index is 1.74. The number of H-pyrrole nitrogens is 1. The number of hydrogen-bond donors (Lipinski definition) is 9. The highest BCUT2D eigenvalue weighted by atomic mass is 16.4. The number of phenolic OH excluding ortho intramolecular Hbond substituents is 1. The third kappa shape index (κ3) is 13.4. The molecule has 7 amide bonds. The number of aromatic nitrogens is 1. The van der Waals surface area contributed by atoms with E-state index in [2.05, 4.69) is 36.9 Å². The molecule has 2 heterocycles. The number of fused-ring (bicyclic) bond motifs is 1. The number of carboxylic acids is 1. The van der Waals surface area contributed by atoms with Crippen LogP contribution in [0.1, 0.15) is 84.8 Å². The summed E-state index contributed by atoms with van der Waals surface area (Å²) in [7, 11) is 1.46. The van der Waals surface area contributed by atoms with Gasteiger partial charge in [0.2, 0.25) is 29.5 Å². The maximum atomic E-state index is 14.6. The van der Waals surface area contributed by atoms with E-state index in [1.165, 1.54) is 18.0 Å². The third-order valence-corrected chi connectivity index (χ3v) is 11.4. The van der Waals surface area contributed by atoms with Crippen molar-refractivity contribution >= 4 is 52.4 Å². The molecule has 1 saturated heterocycles. The molecule has 17 nitrogen and oxygen atoms in total. The van der Waals surface area contributed by atoms with Crippen molar-refractivity contribution in [3.8, 4) is 5.75 Å². The molecule has 1 aromatic heterocycles. The molecule has 7 unspecified atom stereocenters. The van der Waals surface area contributed by atoms with Crippen molar-refractivity contribution in [2.45, 2.75) is 123 Å². The standard InChI is InChI=1S/C45H64N8O9/c1-8-27(6)38(44(60)61)52-45(62)50-33-16-12-13-19-46-39(55)34(21-28-14-10-9-11-15-28)48-41(57)36(22-29-24-47-32-18-17-30(54)23-31(29)32)53(7)43(59)35(20-25(2)3)49-42(58)37(26(4)5)51-40(33)56/h9-11,14-15,17-18,23-27,33-38,47,54H,8,12-13,16,19-22H2,1-7H3,(H,46,55)(H,48,57)(H,49,58)(H,51,56)(H,60,61)(H2,50,52,62). The van der Waals surface area contributed by atoms with Gasteiger partial charge in [0, 0.05) is 43.5 Å². The second-order valence-electron chi connectivity index (χ2n) is 17.0. The summed E-state index contributed by atoms with van der Waals surface area (Å²) in [6, 6.07) is 6.06. The topological polar surface area (TPSA) is 251 Å². The summed E-state index contributed by atoms with van der Waals surface area (Å²) in [4.78, 5) is 101. The van der Waals surface area contributed by atoms with Crippen molar-refractivity contribution in [1.29, 1.82) is 0 Å². The zero-order chi connectivity index (χ0) is 45.7. The first-order valence-corrected chi connectivity index (χ1v) is 21.5.